The van der Waals surface area contributed by atoms with Crippen molar-refractivity contribution in [1.29, 1.82) is 5.26 Å². The molecule has 2 nitrogen and oxygen atoms in total. The largest absolute Gasteiger partial charge is 0.396 e. The number of hydrogen-bond acceptors (Lipinski definition) is 3. The van der Waals surface area contributed by atoms with Gasteiger partial charge in [-0.2, -0.15) is 17.0 Å². The molecule has 0 amide bonds. The summed E-state index contributed by atoms with van der Waals surface area (Å²) in [6.07, 6.45) is 2.05. The molecule has 3 heteroatoms. The molecule has 14 heavy (non-hydrogen) atoms. The first-order valence-electron chi connectivity index (χ1n) is 5.11. The summed E-state index contributed by atoms with van der Waals surface area (Å²) in [4.78, 5) is 0. The number of nitrogens with zero attached hydrogens (tertiary/aromatic N) is 1. The molecule has 0 aliphatic carbocycles. The van der Waals surface area contributed by atoms with E-state index in [0.29, 0.717) is 5.92 Å². The van der Waals surface area contributed by atoms with E-state index in [2.05, 4.69) is 6.07 Å². The van der Waals surface area contributed by atoms with Gasteiger partial charge in [-0.25, -0.2) is 0 Å². The fourth-order valence-electron chi connectivity index (χ4n) is 1.01. The number of nitriles is 1. The highest BCUT2D eigenvalue weighted by molar-refractivity contribution is 7.99. The first kappa shape index (κ1) is 13.8. The van der Waals surface area contributed by atoms with E-state index in [1.165, 1.54) is 0 Å². The molecule has 0 aromatic heterocycles. The van der Waals surface area contributed by atoms with Crippen LogP contribution >= 0.6 is 11.8 Å². The van der Waals surface area contributed by atoms with Crippen LogP contribution in [-0.2, 0) is 0 Å². The molecule has 1 atom stereocenters. The van der Waals surface area contributed by atoms with Crippen molar-refractivity contribution in [3.8, 4) is 6.07 Å². The first-order chi connectivity index (χ1) is 6.52. The summed E-state index contributed by atoms with van der Waals surface area (Å²) in [5.74, 6) is 2.50. The lowest BCUT2D eigenvalue weighted by Crippen LogP contribution is -2.08. The number of rotatable bonds is 7. The minimum absolute atomic E-state index is 0.177. The van der Waals surface area contributed by atoms with E-state index >= 15 is 0 Å². The Morgan fingerprint density at radius 1 is 1.50 bits per heavy atom. The highest BCUT2D eigenvalue weighted by atomic mass is 32.2. The van der Waals surface area contributed by atoms with E-state index in [0.717, 1.165) is 24.3 Å². The minimum Gasteiger partial charge on any atom is -0.396 e. The van der Waals surface area contributed by atoms with Gasteiger partial charge in [0.2, 0.25) is 0 Å². The van der Waals surface area contributed by atoms with Crippen molar-refractivity contribution in [3.63, 3.8) is 0 Å². The average Bonchev–Trinajstić information content (AvgIpc) is 2.17. The van der Waals surface area contributed by atoms with Gasteiger partial charge in [-0.05, 0) is 44.1 Å². The van der Waals surface area contributed by atoms with Crippen molar-refractivity contribution in [2.75, 3.05) is 18.1 Å². The lowest BCUT2D eigenvalue weighted by atomic mass is 9.90. The number of hydrogen-bond donors (Lipinski definition) is 1. The second-order valence-electron chi connectivity index (χ2n) is 4.46. The number of thioether (sulfide) groups is 1. The van der Waals surface area contributed by atoms with Gasteiger partial charge in [0, 0.05) is 6.61 Å². The van der Waals surface area contributed by atoms with Crippen LogP contribution in [0.2, 0.25) is 0 Å². The van der Waals surface area contributed by atoms with Gasteiger partial charge in [-0.15, -0.1) is 0 Å². The van der Waals surface area contributed by atoms with Gasteiger partial charge in [0.1, 0.15) is 0 Å². The lowest BCUT2D eigenvalue weighted by Gasteiger charge is -2.14. The fraction of sp³-hybridized carbons (Fsp3) is 0.909. The highest BCUT2D eigenvalue weighted by Gasteiger charge is 2.15. The van der Waals surface area contributed by atoms with Crippen molar-refractivity contribution in [2.45, 2.75) is 33.6 Å². The number of aliphatic hydroxyl groups excluding tert-OH is 1. The average molecular weight is 215 g/mol. The van der Waals surface area contributed by atoms with E-state index in [4.69, 9.17) is 10.4 Å². The normalized spacial score (nSPS) is 13.6. The maximum absolute atomic E-state index is 8.80. The summed E-state index contributed by atoms with van der Waals surface area (Å²) in [5.41, 5.74) is -0.177. The van der Waals surface area contributed by atoms with E-state index in [9.17, 15) is 0 Å². The topological polar surface area (TPSA) is 44.0 Å². The van der Waals surface area contributed by atoms with E-state index in [1.807, 2.05) is 32.5 Å². The Kier molecular flexibility index (Phi) is 7.04. The van der Waals surface area contributed by atoms with Crippen LogP contribution < -0.4 is 0 Å². The smallest absolute Gasteiger partial charge is 0.0683 e. The lowest BCUT2D eigenvalue weighted by molar-refractivity contribution is 0.250. The van der Waals surface area contributed by atoms with Crippen molar-refractivity contribution >= 4 is 11.8 Å². The molecule has 0 rings (SSSR count). The molecular weight excluding hydrogens is 194 g/mol. The summed E-state index contributed by atoms with van der Waals surface area (Å²) in [6.45, 7) is 6.28. The Hall–Kier alpha value is -0.200. The third-order valence-corrected chi connectivity index (χ3v) is 3.49. The van der Waals surface area contributed by atoms with Crippen LogP contribution in [0.25, 0.3) is 0 Å². The predicted octanol–water partition coefficient (Wildman–Crippen LogP) is 2.68. The van der Waals surface area contributed by atoms with Crippen LogP contribution in [0.15, 0.2) is 0 Å². The third kappa shape index (κ3) is 7.23. The van der Waals surface area contributed by atoms with Gasteiger partial charge >= 0.3 is 0 Å². The molecule has 0 spiro atoms. The van der Waals surface area contributed by atoms with Gasteiger partial charge in [0.15, 0.2) is 0 Å². The SMILES string of the molecule is CC(CO)CSCCCC(C)(C)C#N. The van der Waals surface area contributed by atoms with E-state index in [-0.39, 0.29) is 12.0 Å². The molecule has 1 unspecified atom stereocenters. The third-order valence-electron chi connectivity index (χ3n) is 2.11. The standard InChI is InChI=1S/C11H21NOS/c1-10(7-13)8-14-6-4-5-11(2,3)9-12/h10,13H,4-8H2,1-3H3. The summed E-state index contributed by atoms with van der Waals surface area (Å²) in [6, 6.07) is 2.30. The van der Waals surface area contributed by atoms with Crippen molar-refractivity contribution in [2.24, 2.45) is 11.3 Å². The molecule has 0 saturated carbocycles. The monoisotopic (exact) mass is 215 g/mol. The maximum Gasteiger partial charge on any atom is 0.0683 e. The Balaban J connectivity index is 3.35. The molecule has 0 saturated heterocycles. The van der Waals surface area contributed by atoms with Gasteiger partial charge in [-0.1, -0.05) is 6.92 Å². The molecule has 0 radical (unpaired) electrons. The van der Waals surface area contributed by atoms with Crippen LogP contribution in [0, 0.1) is 22.7 Å². The quantitative estimate of drug-likeness (QED) is 0.664. The zero-order chi connectivity index (χ0) is 11.0. The van der Waals surface area contributed by atoms with Crippen LogP contribution in [0.5, 0.6) is 0 Å². The van der Waals surface area contributed by atoms with E-state index < -0.39 is 0 Å². The second-order valence-corrected chi connectivity index (χ2v) is 5.61. The molecule has 0 aromatic carbocycles. The zero-order valence-corrected chi connectivity index (χ0v) is 10.2. The van der Waals surface area contributed by atoms with Crippen LogP contribution in [0.4, 0.5) is 0 Å². The Morgan fingerprint density at radius 3 is 2.64 bits per heavy atom. The maximum atomic E-state index is 8.80. The van der Waals surface area contributed by atoms with Crippen molar-refractivity contribution < 1.29 is 5.11 Å². The molecule has 0 aromatic rings. The van der Waals surface area contributed by atoms with Gasteiger partial charge in [0.25, 0.3) is 0 Å². The van der Waals surface area contributed by atoms with Crippen molar-refractivity contribution in [1.82, 2.24) is 0 Å². The molecule has 0 aliphatic heterocycles. The summed E-state index contributed by atoms with van der Waals surface area (Å²) >= 11 is 1.87. The van der Waals surface area contributed by atoms with Crippen LogP contribution in [0.3, 0.4) is 0 Å². The van der Waals surface area contributed by atoms with Gasteiger partial charge in [0.05, 0.1) is 11.5 Å². The fourth-order valence-corrected chi connectivity index (χ4v) is 2.03. The molecular formula is C11H21NOS. The molecule has 82 valence electrons. The minimum atomic E-state index is -0.177. The first-order valence-corrected chi connectivity index (χ1v) is 6.27. The molecule has 0 bridgehead atoms. The highest BCUT2D eigenvalue weighted by Crippen LogP contribution is 2.22. The van der Waals surface area contributed by atoms with Crippen LogP contribution in [-0.4, -0.2) is 23.2 Å². The molecule has 0 heterocycles. The predicted molar refractivity (Wildman–Crippen MR) is 62.2 cm³/mol. The molecule has 0 aliphatic rings. The second kappa shape index (κ2) is 7.14. The van der Waals surface area contributed by atoms with Crippen LogP contribution in [0.1, 0.15) is 33.6 Å². The summed E-state index contributed by atoms with van der Waals surface area (Å²) in [5, 5.41) is 17.6. The van der Waals surface area contributed by atoms with Gasteiger partial charge in [-0.3, -0.25) is 0 Å². The zero-order valence-electron chi connectivity index (χ0n) is 9.42. The van der Waals surface area contributed by atoms with Gasteiger partial charge < -0.3 is 5.11 Å². The molecule has 1 N–H and O–H groups in total. The Labute approximate surface area is 91.7 Å². The molecule has 0 fully saturated rings. The Bertz CT molecular complexity index is 186. The summed E-state index contributed by atoms with van der Waals surface area (Å²) < 4.78 is 0. The number of aliphatic hydroxyl groups is 1. The Morgan fingerprint density at radius 2 is 2.14 bits per heavy atom. The summed E-state index contributed by atoms with van der Waals surface area (Å²) in [7, 11) is 0. The van der Waals surface area contributed by atoms with Crippen molar-refractivity contribution in [3.05, 3.63) is 0 Å². The van der Waals surface area contributed by atoms with E-state index in [1.54, 1.807) is 0 Å².